The lowest BCUT2D eigenvalue weighted by Crippen LogP contribution is -2.44. The molecule has 2 atom stereocenters. The molecule has 0 radical (unpaired) electrons. The molecule has 4 aromatic rings. The van der Waals surface area contributed by atoms with Crippen LogP contribution in [-0.4, -0.2) is 28.3 Å². The fourth-order valence-electron chi connectivity index (χ4n) is 4.80. The highest BCUT2D eigenvalue weighted by molar-refractivity contribution is 6.04. The van der Waals surface area contributed by atoms with Crippen LogP contribution in [0.25, 0.3) is 0 Å². The number of benzene rings is 3. The van der Waals surface area contributed by atoms with Gasteiger partial charge in [0, 0.05) is 24.5 Å². The molecule has 5 heteroatoms. The summed E-state index contributed by atoms with van der Waals surface area (Å²) in [6.07, 6.45) is 3.52. The van der Waals surface area contributed by atoms with Gasteiger partial charge in [0.25, 0.3) is 0 Å². The predicted molar refractivity (Wildman–Crippen MR) is 137 cm³/mol. The van der Waals surface area contributed by atoms with E-state index in [1.165, 1.54) is 0 Å². The third kappa shape index (κ3) is 4.21. The van der Waals surface area contributed by atoms with Gasteiger partial charge in [-0.15, -0.1) is 0 Å². The van der Waals surface area contributed by atoms with Crippen LogP contribution in [0.15, 0.2) is 121 Å². The minimum absolute atomic E-state index is 0.269. The lowest BCUT2D eigenvalue weighted by Gasteiger charge is -2.37. The van der Waals surface area contributed by atoms with Crippen LogP contribution in [0.3, 0.4) is 0 Å². The Morgan fingerprint density at radius 3 is 2.09 bits per heavy atom. The van der Waals surface area contributed by atoms with E-state index in [2.05, 4.69) is 22.0 Å². The molecule has 0 saturated heterocycles. The van der Waals surface area contributed by atoms with Gasteiger partial charge >= 0.3 is 5.97 Å². The van der Waals surface area contributed by atoms with Gasteiger partial charge < -0.3 is 9.64 Å². The number of aromatic nitrogens is 1. The van der Waals surface area contributed by atoms with Crippen LogP contribution in [0.1, 0.15) is 35.2 Å². The molecule has 1 aromatic heterocycles. The third-order valence-electron chi connectivity index (χ3n) is 6.31. The normalized spacial score (nSPS) is 19.3. The molecule has 0 N–H and O–H groups in total. The summed E-state index contributed by atoms with van der Waals surface area (Å²) in [6.45, 7) is 2.68. The maximum absolute atomic E-state index is 14.0. The van der Waals surface area contributed by atoms with E-state index in [0.29, 0.717) is 6.54 Å². The Labute approximate surface area is 205 Å². The van der Waals surface area contributed by atoms with Crippen molar-refractivity contribution in [3.05, 3.63) is 138 Å². The van der Waals surface area contributed by atoms with Gasteiger partial charge in [-0.2, -0.15) is 0 Å². The molecule has 0 spiro atoms. The molecule has 0 amide bonds. The Bertz CT molecular complexity index is 1290. The maximum atomic E-state index is 14.0. The number of nitrogens with zero attached hydrogens (tertiary/aromatic N) is 3. The van der Waals surface area contributed by atoms with Gasteiger partial charge in [-0.3, -0.25) is 4.98 Å². The van der Waals surface area contributed by atoms with Gasteiger partial charge in [0.05, 0.1) is 12.6 Å². The molecule has 1 aliphatic heterocycles. The molecular weight excluding hydrogens is 434 g/mol. The van der Waals surface area contributed by atoms with E-state index in [0.717, 1.165) is 28.1 Å². The van der Waals surface area contributed by atoms with Crippen LogP contribution in [-0.2, 0) is 21.6 Å². The molecule has 5 rings (SSSR count). The lowest BCUT2D eigenvalue weighted by atomic mass is 9.80. The number of rotatable bonds is 7. The number of esters is 1. The zero-order chi connectivity index (χ0) is 24.1. The molecular formula is C30H27N3O2. The molecule has 2 heterocycles. The molecule has 0 saturated carbocycles. The second-order valence-corrected chi connectivity index (χ2v) is 8.45. The topological polar surface area (TPSA) is 54.8 Å². The maximum Gasteiger partial charge on any atom is 0.341 e. The summed E-state index contributed by atoms with van der Waals surface area (Å²) in [7, 11) is 0. The lowest BCUT2D eigenvalue weighted by molar-refractivity contribution is -0.151. The van der Waals surface area contributed by atoms with Crippen LogP contribution in [0.2, 0.25) is 0 Å². The van der Waals surface area contributed by atoms with E-state index >= 15 is 0 Å². The van der Waals surface area contributed by atoms with Crippen molar-refractivity contribution in [2.24, 2.45) is 4.99 Å². The van der Waals surface area contributed by atoms with E-state index in [9.17, 15) is 4.79 Å². The van der Waals surface area contributed by atoms with Crippen molar-refractivity contribution in [1.29, 1.82) is 0 Å². The number of carbonyl (C=O) groups is 1. The first-order valence-corrected chi connectivity index (χ1v) is 11.8. The van der Waals surface area contributed by atoms with Gasteiger partial charge in [-0.05, 0) is 35.7 Å². The Morgan fingerprint density at radius 2 is 1.46 bits per heavy atom. The van der Waals surface area contributed by atoms with E-state index in [1.54, 1.807) is 12.4 Å². The molecule has 5 nitrogen and oxygen atoms in total. The number of pyridine rings is 1. The summed E-state index contributed by atoms with van der Waals surface area (Å²) in [4.78, 5) is 25.7. The van der Waals surface area contributed by atoms with Crippen molar-refractivity contribution >= 4 is 11.8 Å². The monoisotopic (exact) mass is 461 g/mol. The van der Waals surface area contributed by atoms with Crippen LogP contribution >= 0.6 is 0 Å². The second kappa shape index (κ2) is 9.94. The van der Waals surface area contributed by atoms with Crippen LogP contribution in [0.4, 0.5) is 0 Å². The molecule has 0 unspecified atom stereocenters. The van der Waals surface area contributed by atoms with Crippen LogP contribution < -0.4 is 0 Å². The number of carbonyl (C=O) groups excluding carboxylic acids is 1. The average Bonchev–Trinajstić information content (AvgIpc) is 3.27. The number of amidine groups is 1. The quantitative estimate of drug-likeness (QED) is 0.339. The van der Waals surface area contributed by atoms with Crippen molar-refractivity contribution in [2.45, 2.75) is 25.0 Å². The Balaban J connectivity index is 1.79. The molecule has 174 valence electrons. The zero-order valence-electron chi connectivity index (χ0n) is 19.6. The predicted octanol–water partition coefficient (Wildman–Crippen LogP) is 5.54. The van der Waals surface area contributed by atoms with Crippen molar-refractivity contribution in [3.63, 3.8) is 0 Å². The molecule has 0 fully saturated rings. The minimum Gasteiger partial charge on any atom is -0.464 e. The fraction of sp³-hybridized carbons (Fsp3) is 0.167. The molecule has 0 aliphatic carbocycles. The van der Waals surface area contributed by atoms with Gasteiger partial charge in [0.15, 0.2) is 0 Å². The van der Waals surface area contributed by atoms with Crippen LogP contribution in [0.5, 0.6) is 0 Å². The van der Waals surface area contributed by atoms with Crippen molar-refractivity contribution in [2.75, 3.05) is 6.61 Å². The fourth-order valence-corrected chi connectivity index (χ4v) is 4.80. The van der Waals surface area contributed by atoms with E-state index in [-0.39, 0.29) is 12.6 Å². The number of hydrogen-bond acceptors (Lipinski definition) is 5. The molecule has 0 bridgehead atoms. The number of ether oxygens (including phenoxy) is 1. The Morgan fingerprint density at radius 1 is 0.857 bits per heavy atom. The van der Waals surface area contributed by atoms with E-state index in [1.807, 2.05) is 97.9 Å². The van der Waals surface area contributed by atoms with Crippen molar-refractivity contribution in [1.82, 2.24) is 9.88 Å². The summed E-state index contributed by atoms with van der Waals surface area (Å²) in [6, 6.07) is 33.5. The summed E-state index contributed by atoms with van der Waals surface area (Å²) >= 11 is 0. The second-order valence-electron chi connectivity index (χ2n) is 8.45. The standard InChI is InChI=1S/C30H27N3O2/c1-2-35-29(34)30(26-16-10-5-11-17-26)27(24-18-20-31-21-19-24)33(22-23-12-6-3-7-13-23)28(32-30)25-14-8-4-9-15-25/h3-21,27H,2,22H2,1H3/t27-,30-/m1/s1. The van der Waals surface area contributed by atoms with E-state index < -0.39 is 11.6 Å². The largest absolute Gasteiger partial charge is 0.464 e. The SMILES string of the molecule is CCOC(=O)[C@]1(c2ccccc2)N=C(c2ccccc2)N(Cc2ccccc2)[C@@H]1c1ccncc1. The molecule has 35 heavy (non-hydrogen) atoms. The van der Waals surface area contributed by atoms with Gasteiger partial charge in [0.2, 0.25) is 5.54 Å². The number of aliphatic imine (C=N–C) groups is 1. The van der Waals surface area contributed by atoms with Crippen molar-refractivity contribution in [3.8, 4) is 0 Å². The highest BCUT2D eigenvalue weighted by atomic mass is 16.5. The molecule has 3 aromatic carbocycles. The average molecular weight is 462 g/mol. The summed E-state index contributed by atoms with van der Waals surface area (Å²) in [5, 5.41) is 0. The summed E-state index contributed by atoms with van der Waals surface area (Å²) in [5.41, 5.74) is 2.54. The van der Waals surface area contributed by atoms with Crippen LogP contribution in [0, 0.1) is 0 Å². The third-order valence-corrected chi connectivity index (χ3v) is 6.31. The first-order valence-electron chi connectivity index (χ1n) is 11.8. The highest BCUT2D eigenvalue weighted by Gasteiger charge is 2.57. The minimum atomic E-state index is -1.28. The Hall–Kier alpha value is -4.25. The van der Waals surface area contributed by atoms with E-state index in [4.69, 9.17) is 9.73 Å². The smallest absolute Gasteiger partial charge is 0.341 e. The highest BCUT2D eigenvalue weighted by Crippen LogP contribution is 2.49. The number of hydrogen-bond donors (Lipinski definition) is 0. The summed E-state index contributed by atoms with van der Waals surface area (Å²) in [5.74, 6) is 0.394. The first kappa shape index (κ1) is 22.5. The van der Waals surface area contributed by atoms with Gasteiger partial charge in [-0.1, -0.05) is 91.0 Å². The van der Waals surface area contributed by atoms with Gasteiger partial charge in [-0.25, -0.2) is 9.79 Å². The first-order chi connectivity index (χ1) is 17.2. The molecule has 1 aliphatic rings. The zero-order valence-corrected chi connectivity index (χ0v) is 19.6. The van der Waals surface area contributed by atoms with Crippen molar-refractivity contribution < 1.29 is 9.53 Å². The van der Waals surface area contributed by atoms with Gasteiger partial charge in [0.1, 0.15) is 5.84 Å². The summed E-state index contributed by atoms with van der Waals surface area (Å²) < 4.78 is 5.73. The Kier molecular flexibility index (Phi) is 6.40.